The number of aliphatic hydroxyl groups excluding tert-OH is 1. The first-order chi connectivity index (χ1) is 15.9. The number of carbonyl (C=O) groups excluding carboxylic acids is 2. The highest BCUT2D eigenvalue weighted by molar-refractivity contribution is 5.97. The van der Waals surface area contributed by atoms with Gasteiger partial charge in [-0.15, -0.1) is 0 Å². The number of hydrogen-bond acceptors (Lipinski definition) is 5. The third-order valence-electron chi connectivity index (χ3n) is 5.15. The van der Waals surface area contributed by atoms with Crippen LogP contribution in [0.25, 0.3) is 0 Å². The summed E-state index contributed by atoms with van der Waals surface area (Å²) in [5.41, 5.74) is 4.60. The maximum Gasteiger partial charge on any atom is 0.268 e. The molecule has 0 aliphatic heterocycles. The molecule has 2 unspecified atom stereocenters. The van der Waals surface area contributed by atoms with Crippen molar-refractivity contribution in [2.24, 2.45) is 0 Å². The minimum atomic E-state index is -1.26. The predicted molar refractivity (Wildman–Crippen MR) is 128 cm³/mol. The third kappa shape index (κ3) is 9.07. The molecule has 176 valence electrons. The van der Waals surface area contributed by atoms with Gasteiger partial charge in [0.25, 0.3) is 11.8 Å². The first-order valence-corrected chi connectivity index (χ1v) is 11.3. The average molecular weight is 452 g/mol. The van der Waals surface area contributed by atoms with Gasteiger partial charge in [0, 0.05) is 23.2 Å². The number of hydroxylamine groups is 1. The number of carbonyl (C=O) groups is 2. The highest BCUT2D eigenvalue weighted by Crippen LogP contribution is 2.07. The molecule has 2 aromatic carbocycles. The van der Waals surface area contributed by atoms with Crippen LogP contribution < -0.4 is 16.1 Å². The van der Waals surface area contributed by atoms with Crippen LogP contribution in [0.4, 0.5) is 0 Å². The van der Waals surface area contributed by atoms with E-state index < -0.39 is 24.0 Å². The molecule has 0 bridgehead atoms. The van der Waals surface area contributed by atoms with Crippen LogP contribution >= 0.6 is 0 Å². The standard InChI is InChI=1S/C26H33N3O4/c1-3-4-5-6-17-27-18-22-11-9-20(10-12-22)7-8-21-13-15-23(16-14-21)25(31)28-24(19(2)30)26(32)29-33/h9-16,19,24,27,30,33H,3-6,17-18H2,1-2H3,(H,28,31)(H,29,32). The SMILES string of the molecule is CCCCCCNCc1ccc(C#Cc2ccc(C(=O)NC(C(=O)NO)C(C)O)cc2)cc1. The Hall–Kier alpha value is -3.18. The number of rotatable bonds is 11. The molecule has 0 heterocycles. The van der Waals surface area contributed by atoms with E-state index in [1.165, 1.54) is 43.7 Å². The van der Waals surface area contributed by atoms with Crippen LogP contribution in [0, 0.1) is 11.8 Å². The number of nitrogens with one attached hydrogen (secondary N) is 3. The lowest BCUT2D eigenvalue weighted by molar-refractivity contribution is -0.133. The molecule has 0 aromatic heterocycles. The lowest BCUT2D eigenvalue weighted by atomic mass is 10.1. The van der Waals surface area contributed by atoms with E-state index >= 15 is 0 Å². The van der Waals surface area contributed by atoms with E-state index in [4.69, 9.17) is 5.21 Å². The third-order valence-corrected chi connectivity index (χ3v) is 5.15. The minimum absolute atomic E-state index is 0.309. The molecular formula is C26H33N3O4. The summed E-state index contributed by atoms with van der Waals surface area (Å²) in [5, 5.41) is 24.2. The van der Waals surface area contributed by atoms with E-state index in [1.807, 2.05) is 12.1 Å². The van der Waals surface area contributed by atoms with Crippen molar-refractivity contribution < 1.29 is 19.9 Å². The summed E-state index contributed by atoms with van der Waals surface area (Å²) in [6.07, 6.45) is 3.85. The van der Waals surface area contributed by atoms with Crippen molar-refractivity contribution in [1.29, 1.82) is 0 Å². The molecule has 0 saturated heterocycles. The van der Waals surface area contributed by atoms with Crippen molar-refractivity contribution in [3.63, 3.8) is 0 Å². The topological polar surface area (TPSA) is 111 Å². The van der Waals surface area contributed by atoms with Gasteiger partial charge in [0.15, 0.2) is 0 Å². The normalized spacial score (nSPS) is 12.2. The van der Waals surface area contributed by atoms with E-state index in [0.29, 0.717) is 5.56 Å². The Kier molecular flexibility index (Phi) is 11.1. The number of unbranched alkanes of at least 4 members (excludes halogenated alkanes) is 3. The zero-order chi connectivity index (χ0) is 24.1. The molecule has 0 spiro atoms. The summed E-state index contributed by atoms with van der Waals surface area (Å²) < 4.78 is 0. The molecule has 7 nitrogen and oxygen atoms in total. The lowest BCUT2D eigenvalue weighted by Gasteiger charge is -2.19. The van der Waals surface area contributed by atoms with Gasteiger partial charge in [-0.1, -0.05) is 50.2 Å². The highest BCUT2D eigenvalue weighted by Gasteiger charge is 2.25. The first kappa shape index (κ1) is 26.1. The van der Waals surface area contributed by atoms with Crippen molar-refractivity contribution in [3.05, 3.63) is 70.8 Å². The second-order valence-electron chi connectivity index (χ2n) is 7.93. The second-order valence-corrected chi connectivity index (χ2v) is 7.93. The first-order valence-electron chi connectivity index (χ1n) is 11.3. The number of benzene rings is 2. The van der Waals surface area contributed by atoms with Gasteiger partial charge in [-0.3, -0.25) is 14.8 Å². The van der Waals surface area contributed by atoms with Crippen LogP contribution in [0.1, 0.15) is 66.6 Å². The van der Waals surface area contributed by atoms with Crippen molar-refractivity contribution in [1.82, 2.24) is 16.1 Å². The van der Waals surface area contributed by atoms with Gasteiger partial charge < -0.3 is 15.7 Å². The highest BCUT2D eigenvalue weighted by atomic mass is 16.5. The Balaban J connectivity index is 1.89. The van der Waals surface area contributed by atoms with Crippen LogP contribution in [0.15, 0.2) is 48.5 Å². The molecule has 7 heteroatoms. The Morgan fingerprint density at radius 3 is 2.09 bits per heavy atom. The number of hydrogen-bond donors (Lipinski definition) is 5. The van der Waals surface area contributed by atoms with Gasteiger partial charge in [-0.05, 0) is 61.9 Å². The Labute approximate surface area is 195 Å². The lowest BCUT2D eigenvalue weighted by Crippen LogP contribution is -2.51. The summed E-state index contributed by atoms with van der Waals surface area (Å²) in [6.45, 7) is 5.43. The molecule has 5 N–H and O–H groups in total. The van der Waals surface area contributed by atoms with Gasteiger partial charge in [-0.2, -0.15) is 0 Å². The molecular weight excluding hydrogens is 418 g/mol. The Morgan fingerprint density at radius 1 is 0.939 bits per heavy atom. The Bertz CT molecular complexity index is 944. The van der Waals surface area contributed by atoms with E-state index in [-0.39, 0.29) is 0 Å². The van der Waals surface area contributed by atoms with Crippen molar-refractivity contribution in [2.45, 2.75) is 58.2 Å². The van der Waals surface area contributed by atoms with Crippen molar-refractivity contribution in [3.8, 4) is 11.8 Å². The van der Waals surface area contributed by atoms with Gasteiger partial charge in [0.05, 0.1) is 6.10 Å². The zero-order valence-corrected chi connectivity index (χ0v) is 19.2. The number of aliphatic hydroxyl groups is 1. The molecule has 2 rings (SSSR count). The summed E-state index contributed by atoms with van der Waals surface area (Å²) in [6, 6.07) is 13.5. The van der Waals surface area contributed by atoms with E-state index in [2.05, 4.69) is 41.5 Å². The summed E-state index contributed by atoms with van der Waals surface area (Å²) in [5.74, 6) is 4.75. The second kappa shape index (κ2) is 14.1. The van der Waals surface area contributed by atoms with E-state index in [0.717, 1.165) is 24.2 Å². The van der Waals surface area contributed by atoms with Crippen LogP contribution in [-0.4, -0.2) is 40.8 Å². The summed E-state index contributed by atoms with van der Waals surface area (Å²) in [4.78, 5) is 23.9. The number of amides is 2. The molecule has 2 atom stereocenters. The fourth-order valence-electron chi connectivity index (χ4n) is 3.16. The van der Waals surface area contributed by atoms with E-state index in [9.17, 15) is 14.7 Å². The zero-order valence-electron chi connectivity index (χ0n) is 19.2. The molecule has 2 amide bonds. The Morgan fingerprint density at radius 2 is 1.55 bits per heavy atom. The van der Waals surface area contributed by atoms with Gasteiger partial charge in [0.2, 0.25) is 0 Å². The molecule has 0 aliphatic rings. The van der Waals surface area contributed by atoms with Crippen molar-refractivity contribution in [2.75, 3.05) is 6.54 Å². The van der Waals surface area contributed by atoms with Crippen LogP contribution in [0.2, 0.25) is 0 Å². The van der Waals surface area contributed by atoms with Crippen LogP contribution in [0.5, 0.6) is 0 Å². The molecule has 0 saturated carbocycles. The van der Waals surface area contributed by atoms with E-state index in [1.54, 1.807) is 24.3 Å². The maximum atomic E-state index is 12.3. The monoisotopic (exact) mass is 451 g/mol. The van der Waals surface area contributed by atoms with Crippen LogP contribution in [0.3, 0.4) is 0 Å². The molecule has 0 radical (unpaired) electrons. The predicted octanol–water partition coefficient (Wildman–Crippen LogP) is 2.74. The summed E-state index contributed by atoms with van der Waals surface area (Å²) in [7, 11) is 0. The fraction of sp³-hybridized carbons (Fsp3) is 0.385. The fourth-order valence-corrected chi connectivity index (χ4v) is 3.16. The largest absolute Gasteiger partial charge is 0.391 e. The average Bonchev–Trinajstić information content (AvgIpc) is 2.83. The minimum Gasteiger partial charge on any atom is -0.391 e. The molecule has 2 aromatic rings. The van der Waals surface area contributed by atoms with Gasteiger partial charge in [0.1, 0.15) is 6.04 Å². The molecule has 0 fully saturated rings. The van der Waals surface area contributed by atoms with Gasteiger partial charge >= 0.3 is 0 Å². The quantitative estimate of drug-likeness (QED) is 0.156. The molecule has 33 heavy (non-hydrogen) atoms. The van der Waals surface area contributed by atoms with Gasteiger partial charge in [-0.25, -0.2) is 5.48 Å². The molecule has 0 aliphatic carbocycles. The van der Waals surface area contributed by atoms with Crippen molar-refractivity contribution >= 4 is 11.8 Å². The van der Waals surface area contributed by atoms with Crippen LogP contribution in [-0.2, 0) is 11.3 Å². The maximum absolute atomic E-state index is 12.3. The summed E-state index contributed by atoms with van der Waals surface area (Å²) >= 11 is 0. The smallest absolute Gasteiger partial charge is 0.268 e.